The number of fused-ring (bicyclic) bond motifs is 2. The molecule has 0 amide bonds. The summed E-state index contributed by atoms with van der Waals surface area (Å²) in [6.07, 6.45) is 1.17. The van der Waals surface area contributed by atoms with Crippen molar-refractivity contribution in [1.29, 1.82) is 0 Å². The van der Waals surface area contributed by atoms with Gasteiger partial charge in [-0.3, -0.25) is 14.8 Å². The predicted octanol–water partition coefficient (Wildman–Crippen LogP) is 1.60. The normalized spacial score (nSPS) is 31.9. The van der Waals surface area contributed by atoms with E-state index in [1.165, 1.54) is 42.6 Å². The number of amidine groups is 2. The summed E-state index contributed by atoms with van der Waals surface area (Å²) in [5, 5.41) is 11.0. The Labute approximate surface area is 301 Å². The molecule has 0 unspecified atom stereocenters. The van der Waals surface area contributed by atoms with E-state index in [2.05, 4.69) is 9.98 Å². The summed E-state index contributed by atoms with van der Waals surface area (Å²) in [4.78, 5) is 20.6. The topological polar surface area (TPSA) is 166 Å². The van der Waals surface area contributed by atoms with Crippen LogP contribution in [0.4, 0.5) is 28.9 Å². The zero-order chi connectivity index (χ0) is 32.1. The summed E-state index contributed by atoms with van der Waals surface area (Å²) in [5.74, 6) is -4.35. The van der Waals surface area contributed by atoms with E-state index in [0.717, 1.165) is 12.1 Å². The van der Waals surface area contributed by atoms with E-state index in [9.17, 15) is 27.5 Å². The van der Waals surface area contributed by atoms with Crippen LogP contribution in [0.1, 0.15) is 58.6 Å². The van der Waals surface area contributed by atoms with E-state index in [1.807, 2.05) is 0 Å². The van der Waals surface area contributed by atoms with Crippen molar-refractivity contribution in [2.24, 2.45) is 33.3 Å². The van der Waals surface area contributed by atoms with Gasteiger partial charge in [-0.05, 0) is 71.7 Å². The molecule has 46 heavy (non-hydrogen) atoms. The monoisotopic (exact) mass is 756 g/mol. The van der Waals surface area contributed by atoms with Gasteiger partial charge in [-0.15, -0.1) is 0 Å². The average Bonchev–Trinajstić information content (AvgIpc) is 3.78. The minimum Gasteiger partial charge on any atom is -1.00 e. The van der Waals surface area contributed by atoms with Gasteiger partial charge in [0, 0.05) is 34.3 Å². The zero-order valence-corrected chi connectivity index (χ0v) is 31.0. The molecule has 2 heterocycles. The van der Waals surface area contributed by atoms with Gasteiger partial charge in [-0.2, -0.15) is 0 Å². The number of ketones is 1. The first-order valence-electron chi connectivity index (χ1n) is 13.5. The third-order valence-corrected chi connectivity index (χ3v) is 12.3. The first-order chi connectivity index (χ1) is 19.7. The van der Waals surface area contributed by atoms with Gasteiger partial charge in [0.2, 0.25) is 0 Å². The van der Waals surface area contributed by atoms with Crippen LogP contribution < -0.4 is 39.9 Å². The summed E-state index contributed by atoms with van der Waals surface area (Å²) in [5.41, 5.74) is 20.3. The Bertz CT molecular complexity index is 1630. The molecule has 9 N–H and O–H groups in total. The number of hydrogen-bond acceptors (Lipinski definition) is 10. The van der Waals surface area contributed by atoms with Crippen molar-refractivity contribution in [3.05, 3.63) is 66.1 Å². The maximum atomic E-state index is 14.3. The number of thioether (sulfide) groups is 2. The van der Waals surface area contributed by atoms with Gasteiger partial charge in [0.15, 0.2) is 33.6 Å². The number of rotatable bonds is 4. The van der Waals surface area contributed by atoms with E-state index in [-0.39, 0.29) is 97.9 Å². The van der Waals surface area contributed by atoms with Crippen molar-refractivity contribution >= 4 is 74.1 Å². The van der Waals surface area contributed by atoms with Crippen LogP contribution in [0, 0.1) is 42.5 Å². The molecule has 2 aromatic carbocycles. The summed E-state index contributed by atoms with van der Waals surface area (Å²) in [6.45, 7) is 8.29. The first kappa shape index (κ1) is 40.5. The fraction of sp³-hybridized carbons (Fsp3) is 0.467. The standard InChI is InChI=1S/C15H19F2N3OS.C14H15F2N3OS.CH3.BrH.Mg/c1-13(2,21)15-6-10(15)14(3,20-12(19)22-15)8-4-7(18)5-9(16)11(8)17;1-6(20)14-5-10(14)13(2,19-12(18)21-14)8-3-7(17)4-9(15)11(8)16;;;/h4-5,10,21H,6,18H2,1-3H3,(H2,19,20);3-4,10H,5,17H2,1-2H3,(H2,18,19);1H3;1H;/q;;-1;;+2/p-1/t10-,14+,15-;10-,13+,14+;;;/m00.../s1. The molecule has 16 heteroatoms. The van der Waals surface area contributed by atoms with Crippen LogP contribution in [0.5, 0.6) is 0 Å². The Hall–Kier alpha value is -1.72. The Morgan fingerprint density at radius 3 is 1.67 bits per heavy atom. The van der Waals surface area contributed by atoms with Gasteiger partial charge in [0.25, 0.3) is 0 Å². The Balaban J connectivity index is 0.000000301. The molecule has 248 valence electrons. The molecule has 2 saturated carbocycles. The second-order valence-corrected chi connectivity index (χ2v) is 15.2. The molecule has 0 saturated heterocycles. The first-order valence-corrected chi connectivity index (χ1v) is 15.2. The molecule has 0 aromatic heterocycles. The van der Waals surface area contributed by atoms with Crippen LogP contribution in [-0.4, -0.2) is 59.4 Å². The van der Waals surface area contributed by atoms with Crippen molar-refractivity contribution in [2.75, 3.05) is 11.5 Å². The average molecular weight is 758 g/mol. The SMILES string of the molecule is CC(=O)[C@]12C[C@H]1[C@@](C)(c1cc(N)cc(F)c1F)N=C(N)S2.CC(C)(O)[C@]12C[C@H]1[C@@](C)(c1cc(N)cc(F)c1F)N=C(N)S2.[Br-].[CH3-].[Mg+2]. The summed E-state index contributed by atoms with van der Waals surface area (Å²) in [6, 6.07) is 4.65. The van der Waals surface area contributed by atoms with Crippen molar-refractivity contribution in [3.63, 3.8) is 0 Å². The number of aliphatic hydroxyl groups is 1. The van der Waals surface area contributed by atoms with Gasteiger partial charge < -0.3 is 52.4 Å². The third-order valence-electron chi connectivity index (χ3n) is 9.26. The second-order valence-electron chi connectivity index (χ2n) is 12.5. The molecule has 6 rings (SSSR count). The van der Waals surface area contributed by atoms with E-state index in [0.29, 0.717) is 12.8 Å². The molecule has 4 aliphatic rings. The maximum Gasteiger partial charge on any atom is 2.00 e. The van der Waals surface area contributed by atoms with Gasteiger partial charge >= 0.3 is 23.1 Å². The fourth-order valence-corrected chi connectivity index (χ4v) is 9.62. The summed E-state index contributed by atoms with van der Waals surface area (Å²) in [7, 11) is 0. The van der Waals surface area contributed by atoms with Crippen molar-refractivity contribution in [3.8, 4) is 0 Å². The molecule has 0 spiro atoms. The van der Waals surface area contributed by atoms with Crippen molar-refractivity contribution < 1.29 is 44.4 Å². The number of Topliss-reactive ketones (excluding diaryl/α,β-unsaturated/α-hetero) is 1. The zero-order valence-electron chi connectivity index (χ0n) is 26.4. The van der Waals surface area contributed by atoms with Crippen LogP contribution in [0.25, 0.3) is 0 Å². The van der Waals surface area contributed by atoms with Crippen molar-refractivity contribution in [2.45, 2.75) is 73.6 Å². The number of benzene rings is 2. The van der Waals surface area contributed by atoms with E-state index in [4.69, 9.17) is 22.9 Å². The van der Waals surface area contributed by atoms with Crippen LogP contribution in [0.2, 0.25) is 0 Å². The van der Waals surface area contributed by atoms with Crippen LogP contribution in [-0.2, 0) is 15.9 Å². The Morgan fingerprint density at radius 1 is 0.848 bits per heavy atom. The van der Waals surface area contributed by atoms with Gasteiger partial charge in [-0.1, -0.05) is 23.5 Å². The number of nitrogen functional groups attached to an aromatic ring is 2. The number of carbonyl (C=O) groups is 1. The van der Waals surface area contributed by atoms with E-state index in [1.54, 1.807) is 27.7 Å². The van der Waals surface area contributed by atoms with Crippen molar-refractivity contribution in [1.82, 2.24) is 0 Å². The number of halogens is 5. The number of hydrogen-bond donors (Lipinski definition) is 5. The molecule has 2 aliphatic heterocycles. The fourth-order valence-electron chi connectivity index (χ4n) is 6.77. The van der Waals surface area contributed by atoms with E-state index < -0.39 is 49.4 Å². The maximum absolute atomic E-state index is 14.3. The molecule has 8 nitrogen and oxygen atoms in total. The van der Waals surface area contributed by atoms with Crippen LogP contribution in [0.15, 0.2) is 34.3 Å². The molecular weight excluding hydrogens is 721 g/mol. The van der Waals surface area contributed by atoms with Crippen LogP contribution >= 0.6 is 23.5 Å². The summed E-state index contributed by atoms with van der Waals surface area (Å²) < 4.78 is 54.7. The molecule has 2 aromatic rings. The minimum absolute atomic E-state index is 0. The smallest absolute Gasteiger partial charge is 1.00 e. The molecule has 2 aliphatic carbocycles. The number of anilines is 2. The van der Waals surface area contributed by atoms with E-state index >= 15 is 0 Å². The van der Waals surface area contributed by atoms with Gasteiger partial charge in [-0.25, -0.2) is 17.6 Å². The second kappa shape index (κ2) is 13.0. The molecule has 0 radical (unpaired) electrons. The quantitative estimate of drug-likeness (QED) is 0.136. The molecule has 0 bridgehead atoms. The number of nitrogens with zero attached hydrogens (tertiary/aromatic N) is 2. The largest absolute Gasteiger partial charge is 2.00 e. The third kappa shape index (κ3) is 6.26. The Kier molecular flexibility index (Phi) is 11.4. The minimum atomic E-state index is -1.08. The molecule has 2 fully saturated rings. The molecule has 6 atom stereocenters. The number of nitrogens with two attached hydrogens (primary N) is 4. The Morgan fingerprint density at radius 2 is 1.26 bits per heavy atom. The molecular formula is C30H37BrF4MgN6O2S2. The van der Waals surface area contributed by atoms with Gasteiger partial charge in [0.05, 0.1) is 26.2 Å². The van der Waals surface area contributed by atoms with Crippen LogP contribution in [0.3, 0.4) is 0 Å². The number of carbonyl (C=O) groups excluding carboxylic acids is 1. The number of aliphatic imine (C=N–C) groups is 2. The van der Waals surface area contributed by atoms with Gasteiger partial charge in [0.1, 0.15) is 5.78 Å². The summed E-state index contributed by atoms with van der Waals surface area (Å²) >= 11 is 2.52. The predicted molar refractivity (Wildman–Crippen MR) is 175 cm³/mol.